The number of fused-ring (bicyclic) bond motifs is 1. The first-order chi connectivity index (χ1) is 15.8. The smallest absolute Gasteiger partial charge is 0.375 e. The first-order valence-electron chi connectivity index (χ1n) is 10.1. The van der Waals surface area contributed by atoms with E-state index in [9.17, 15) is 13.0 Å². The summed E-state index contributed by atoms with van der Waals surface area (Å²) in [6, 6.07) is 6.16. The third-order valence-electron chi connectivity index (χ3n) is 4.51. The van der Waals surface area contributed by atoms with Gasteiger partial charge in [0.2, 0.25) is 0 Å². The van der Waals surface area contributed by atoms with E-state index in [2.05, 4.69) is 20.3 Å². The molecule has 0 saturated carbocycles. The lowest BCUT2D eigenvalue weighted by Crippen LogP contribution is -2.27. The van der Waals surface area contributed by atoms with Gasteiger partial charge in [0.25, 0.3) is 0 Å². The predicted octanol–water partition coefficient (Wildman–Crippen LogP) is 3.30. The number of phosphoric acid groups is 1. The normalized spacial score (nSPS) is 13.5. The quantitative estimate of drug-likeness (QED) is 0.157. The second kappa shape index (κ2) is 10.9. The number of sulfone groups is 1. The van der Waals surface area contributed by atoms with Gasteiger partial charge < -0.3 is 20.8 Å². The van der Waals surface area contributed by atoms with E-state index in [1.807, 2.05) is 13.8 Å². The van der Waals surface area contributed by atoms with Crippen LogP contribution in [0.25, 0.3) is 10.3 Å². The van der Waals surface area contributed by atoms with Crippen molar-refractivity contribution in [2.24, 2.45) is 5.92 Å². The second-order valence-electron chi connectivity index (χ2n) is 8.02. The van der Waals surface area contributed by atoms with Gasteiger partial charge >= 0.3 is 7.82 Å². The van der Waals surface area contributed by atoms with Gasteiger partial charge in [-0.15, -0.1) is 0 Å². The predicted molar refractivity (Wildman–Crippen MR) is 134 cm³/mol. The van der Waals surface area contributed by atoms with Crippen LogP contribution < -0.4 is 11.1 Å². The van der Waals surface area contributed by atoms with E-state index in [4.69, 9.17) is 20.0 Å². The Hall–Kier alpha value is -1.80. The molecule has 2 aromatic heterocycles. The van der Waals surface area contributed by atoms with Crippen LogP contribution in [0.1, 0.15) is 25.8 Å². The van der Waals surface area contributed by atoms with Gasteiger partial charge in [-0.3, -0.25) is 4.52 Å². The van der Waals surface area contributed by atoms with Crippen LogP contribution in [0.3, 0.4) is 0 Å². The van der Waals surface area contributed by atoms with E-state index < -0.39 is 23.7 Å². The number of benzene rings is 1. The number of thioether (sulfide) groups is 1. The SMILES string of the molecule is CC(C)C[C@H](COP(=O)(O)O)Nc1nc(SCc2ccc(S(C)(=O)=O)cc2)nc2nc(N)sc12. The van der Waals surface area contributed by atoms with E-state index in [0.717, 1.165) is 11.8 Å². The third kappa shape index (κ3) is 7.87. The molecule has 5 N–H and O–H groups in total. The molecule has 34 heavy (non-hydrogen) atoms. The molecule has 0 aliphatic heterocycles. The summed E-state index contributed by atoms with van der Waals surface area (Å²) in [5, 5.41) is 3.96. The molecule has 0 unspecified atom stereocenters. The van der Waals surface area contributed by atoms with Crippen LogP contribution in [0.4, 0.5) is 10.9 Å². The van der Waals surface area contributed by atoms with Gasteiger partial charge in [-0.25, -0.2) is 27.9 Å². The Balaban J connectivity index is 1.83. The Labute approximate surface area is 205 Å². The first-order valence-corrected chi connectivity index (χ1v) is 15.3. The Morgan fingerprint density at radius 2 is 1.88 bits per heavy atom. The highest BCUT2D eigenvalue weighted by molar-refractivity contribution is 7.98. The number of hydrogen-bond donors (Lipinski definition) is 4. The average molecular weight is 548 g/mol. The minimum absolute atomic E-state index is 0.211. The molecule has 0 bridgehead atoms. The zero-order valence-electron chi connectivity index (χ0n) is 18.7. The molecule has 0 radical (unpaired) electrons. The van der Waals surface area contributed by atoms with E-state index >= 15 is 0 Å². The Bertz CT molecular complexity index is 1290. The molecule has 0 aliphatic rings. The van der Waals surface area contributed by atoms with Crippen molar-refractivity contribution in [1.82, 2.24) is 15.0 Å². The minimum atomic E-state index is -4.62. The summed E-state index contributed by atoms with van der Waals surface area (Å²) in [4.78, 5) is 31.7. The summed E-state index contributed by atoms with van der Waals surface area (Å²) in [5.74, 6) is 1.17. The van der Waals surface area contributed by atoms with Crippen LogP contribution in [-0.2, 0) is 24.7 Å². The molecule has 0 spiro atoms. The van der Waals surface area contributed by atoms with E-state index in [1.165, 1.54) is 23.1 Å². The van der Waals surface area contributed by atoms with Crippen molar-refractivity contribution in [3.63, 3.8) is 0 Å². The molecule has 3 rings (SSSR count). The number of phosphoric ester groups is 1. The van der Waals surface area contributed by atoms with E-state index in [1.54, 1.807) is 24.3 Å². The summed E-state index contributed by atoms with van der Waals surface area (Å²) in [6.07, 6.45) is 1.74. The van der Waals surface area contributed by atoms with E-state index in [-0.39, 0.29) is 17.4 Å². The van der Waals surface area contributed by atoms with Crippen molar-refractivity contribution in [1.29, 1.82) is 0 Å². The standard InChI is InChI=1S/C19H26N5O6PS3/c1-11(2)8-13(9-30-31(25,26)27)21-16-15-17(22-18(20)33-15)24-19(23-16)32-10-12-4-6-14(7-5-12)34(3,28)29/h4-7,11,13H,8-10H2,1-3H3,(H2,25,26,27)(H3,20,21,22,23,24)/t13-/m1/s1. The topological polar surface area (TPSA) is 178 Å². The molecular formula is C19H26N5O6PS3. The highest BCUT2D eigenvalue weighted by atomic mass is 32.2. The molecule has 3 aromatic rings. The van der Waals surface area contributed by atoms with Crippen LogP contribution in [0.15, 0.2) is 34.3 Å². The number of hydrogen-bond acceptors (Lipinski definition) is 11. The Kier molecular flexibility index (Phi) is 8.56. The molecule has 1 atom stereocenters. The zero-order chi connectivity index (χ0) is 25.1. The van der Waals surface area contributed by atoms with Crippen molar-refractivity contribution in [3.8, 4) is 0 Å². The summed E-state index contributed by atoms with van der Waals surface area (Å²) in [6.45, 7) is 3.77. The molecule has 0 fully saturated rings. The fourth-order valence-electron chi connectivity index (χ4n) is 3.08. The summed E-state index contributed by atoms with van der Waals surface area (Å²) >= 11 is 2.55. The molecule has 1 aromatic carbocycles. The van der Waals surface area contributed by atoms with Crippen molar-refractivity contribution < 1.29 is 27.3 Å². The molecule has 0 aliphatic carbocycles. The van der Waals surface area contributed by atoms with Crippen LogP contribution >= 0.6 is 30.9 Å². The molecule has 186 valence electrons. The Morgan fingerprint density at radius 3 is 2.47 bits per heavy atom. The number of nitrogen functional groups attached to an aromatic ring is 1. The number of nitrogens with zero attached hydrogens (tertiary/aromatic N) is 3. The summed E-state index contributed by atoms with van der Waals surface area (Å²) < 4.78 is 39.8. The third-order valence-corrected chi connectivity index (χ3v) is 7.92. The average Bonchev–Trinajstić information content (AvgIpc) is 3.09. The second-order valence-corrected chi connectivity index (χ2v) is 13.2. The number of anilines is 2. The van der Waals surface area contributed by atoms with Crippen molar-refractivity contribution in [3.05, 3.63) is 29.8 Å². The van der Waals surface area contributed by atoms with Gasteiger partial charge in [0.1, 0.15) is 4.70 Å². The van der Waals surface area contributed by atoms with Crippen LogP contribution in [0.2, 0.25) is 0 Å². The lowest BCUT2D eigenvalue weighted by molar-refractivity contribution is 0.184. The number of aromatic nitrogens is 3. The minimum Gasteiger partial charge on any atom is -0.375 e. The summed E-state index contributed by atoms with van der Waals surface area (Å²) in [5.41, 5.74) is 7.18. The lowest BCUT2D eigenvalue weighted by atomic mass is 10.0. The molecule has 11 nitrogen and oxygen atoms in total. The van der Waals surface area contributed by atoms with Gasteiger partial charge in [-0.05, 0) is 30.0 Å². The first kappa shape index (κ1) is 26.8. The maximum Gasteiger partial charge on any atom is 0.469 e. The highest BCUT2D eigenvalue weighted by Crippen LogP contribution is 2.37. The van der Waals surface area contributed by atoms with Crippen molar-refractivity contribution in [2.75, 3.05) is 23.9 Å². The lowest BCUT2D eigenvalue weighted by Gasteiger charge is -2.21. The van der Waals surface area contributed by atoms with Crippen molar-refractivity contribution >= 4 is 62.1 Å². The highest BCUT2D eigenvalue weighted by Gasteiger charge is 2.22. The van der Waals surface area contributed by atoms with Gasteiger partial charge in [-0.2, -0.15) is 0 Å². The van der Waals surface area contributed by atoms with Crippen LogP contribution in [-0.4, -0.2) is 52.1 Å². The largest absolute Gasteiger partial charge is 0.469 e. The number of thiazole rings is 1. The van der Waals surface area contributed by atoms with Crippen molar-refractivity contribution in [2.45, 2.75) is 42.1 Å². The molecule has 0 amide bonds. The number of nitrogens with one attached hydrogen (secondary N) is 1. The summed E-state index contributed by atoms with van der Waals surface area (Å²) in [7, 11) is -7.89. The zero-order valence-corrected chi connectivity index (χ0v) is 22.0. The molecule has 2 heterocycles. The number of rotatable bonds is 11. The fraction of sp³-hybridized carbons (Fsp3) is 0.421. The van der Waals surface area contributed by atoms with Gasteiger partial charge in [0.15, 0.2) is 31.6 Å². The van der Waals surface area contributed by atoms with Gasteiger partial charge in [0.05, 0.1) is 17.5 Å². The maximum absolute atomic E-state index is 11.6. The van der Waals surface area contributed by atoms with Gasteiger partial charge in [0, 0.05) is 12.0 Å². The maximum atomic E-state index is 11.6. The fourth-order valence-corrected chi connectivity index (χ4v) is 5.61. The molecule has 15 heteroatoms. The molecule has 0 saturated heterocycles. The molecular weight excluding hydrogens is 521 g/mol. The van der Waals surface area contributed by atoms with Crippen LogP contribution in [0.5, 0.6) is 0 Å². The number of nitrogens with two attached hydrogens (primary N) is 1. The van der Waals surface area contributed by atoms with Gasteiger partial charge in [-0.1, -0.05) is 49.1 Å². The van der Waals surface area contributed by atoms with Crippen LogP contribution in [0, 0.1) is 5.92 Å². The van der Waals surface area contributed by atoms with E-state index in [0.29, 0.717) is 38.6 Å². The Morgan fingerprint density at radius 1 is 1.21 bits per heavy atom. The monoisotopic (exact) mass is 547 g/mol.